The van der Waals surface area contributed by atoms with Crippen molar-refractivity contribution in [2.45, 2.75) is 59.1 Å². The van der Waals surface area contributed by atoms with Gasteiger partial charge in [-0.05, 0) is 49.8 Å². The number of ether oxygens (including phenoxy) is 1. The van der Waals surface area contributed by atoms with Crippen molar-refractivity contribution >= 4 is 5.69 Å². The van der Waals surface area contributed by atoms with Gasteiger partial charge in [0.25, 0.3) is 0 Å². The van der Waals surface area contributed by atoms with Crippen LogP contribution in [0.4, 0.5) is 5.69 Å². The number of anilines is 1. The smallest absolute Gasteiger partial charge is 0.124 e. The van der Waals surface area contributed by atoms with Crippen LogP contribution in [0.3, 0.4) is 0 Å². The second kappa shape index (κ2) is 7.69. The number of hydrogen-bond donors (Lipinski definition) is 2. The van der Waals surface area contributed by atoms with Gasteiger partial charge in [-0.1, -0.05) is 26.7 Å². The molecule has 0 amide bonds. The molecule has 2 atom stereocenters. The first-order valence-corrected chi connectivity index (χ1v) is 8.27. The molecule has 1 saturated carbocycles. The summed E-state index contributed by atoms with van der Waals surface area (Å²) in [5.41, 5.74) is 1.95. The molecule has 1 aromatic carbocycles. The van der Waals surface area contributed by atoms with E-state index in [0.717, 1.165) is 28.8 Å². The Hall–Kier alpha value is -1.22. The molecule has 21 heavy (non-hydrogen) atoms. The lowest BCUT2D eigenvalue weighted by Gasteiger charge is -2.32. The Morgan fingerprint density at radius 3 is 2.81 bits per heavy atom. The van der Waals surface area contributed by atoms with E-state index in [4.69, 9.17) is 4.74 Å². The molecule has 0 aromatic heterocycles. The third kappa shape index (κ3) is 4.37. The third-order valence-electron chi connectivity index (χ3n) is 4.56. The summed E-state index contributed by atoms with van der Waals surface area (Å²) in [7, 11) is 0. The number of aliphatic hydroxyl groups excluding tert-OH is 1. The molecule has 1 aliphatic rings. The predicted octanol–water partition coefficient (Wildman–Crippen LogP) is 4.20. The van der Waals surface area contributed by atoms with Crippen LogP contribution in [-0.4, -0.2) is 17.8 Å². The lowest BCUT2D eigenvalue weighted by Crippen LogP contribution is -2.29. The molecule has 2 unspecified atom stereocenters. The maximum atomic E-state index is 9.48. The predicted molar refractivity (Wildman–Crippen MR) is 87.7 cm³/mol. The molecule has 118 valence electrons. The summed E-state index contributed by atoms with van der Waals surface area (Å²) >= 11 is 0. The van der Waals surface area contributed by atoms with E-state index in [1.165, 1.54) is 25.7 Å². The zero-order valence-electron chi connectivity index (χ0n) is 13.6. The van der Waals surface area contributed by atoms with E-state index in [1.54, 1.807) is 0 Å². The summed E-state index contributed by atoms with van der Waals surface area (Å²) < 4.78 is 5.53. The van der Waals surface area contributed by atoms with E-state index in [2.05, 4.69) is 25.2 Å². The monoisotopic (exact) mass is 291 g/mol. The van der Waals surface area contributed by atoms with Gasteiger partial charge in [0.15, 0.2) is 0 Å². The summed E-state index contributed by atoms with van der Waals surface area (Å²) in [6.07, 6.45) is 5.16. The number of nitrogens with one attached hydrogen (secondary N) is 1. The Balaban J connectivity index is 2.02. The van der Waals surface area contributed by atoms with Crippen LogP contribution < -0.4 is 10.1 Å². The van der Waals surface area contributed by atoms with Crippen molar-refractivity contribution in [2.75, 3.05) is 11.9 Å². The van der Waals surface area contributed by atoms with E-state index in [9.17, 15) is 5.11 Å². The Morgan fingerprint density at radius 2 is 2.14 bits per heavy atom. The standard InChI is InChI=1S/C18H29NO2/c1-4-21-18-9-8-17(11-15(18)12-20)19-16-7-5-6-14(10-16)13(2)3/h8-9,11,13-14,16,19-20H,4-7,10,12H2,1-3H3. The topological polar surface area (TPSA) is 41.5 Å². The maximum Gasteiger partial charge on any atom is 0.124 e. The van der Waals surface area contributed by atoms with Crippen LogP contribution in [0.5, 0.6) is 5.75 Å². The molecule has 0 aliphatic heterocycles. The normalized spacial score (nSPS) is 22.3. The van der Waals surface area contributed by atoms with Gasteiger partial charge >= 0.3 is 0 Å². The zero-order valence-corrected chi connectivity index (χ0v) is 13.6. The molecule has 0 bridgehead atoms. The quantitative estimate of drug-likeness (QED) is 0.825. The largest absolute Gasteiger partial charge is 0.494 e. The van der Waals surface area contributed by atoms with Gasteiger partial charge in [0.1, 0.15) is 5.75 Å². The average Bonchev–Trinajstić information content (AvgIpc) is 2.49. The molecule has 1 aliphatic carbocycles. The van der Waals surface area contributed by atoms with Crippen molar-refractivity contribution < 1.29 is 9.84 Å². The molecule has 2 N–H and O–H groups in total. The van der Waals surface area contributed by atoms with E-state index in [1.807, 2.05) is 19.1 Å². The number of aliphatic hydroxyl groups is 1. The summed E-state index contributed by atoms with van der Waals surface area (Å²) in [5.74, 6) is 2.38. The molecule has 0 spiro atoms. The first-order valence-electron chi connectivity index (χ1n) is 8.27. The lowest BCUT2D eigenvalue weighted by molar-refractivity contribution is 0.263. The van der Waals surface area contributed by atoms with Crippen molar-refractivity contribution in [2.24, 2.45) is 11.8 Å². The van der Waals surface area contributed by atoms with E-state index >= 15 is 0 Å². The van der Waals surface area contributed by atoms with Crippen LogP contribution in [0.2, 0.25) is 0 Å². The van der Waals surface area contributed by atoms with Gasteiger partial charge in [-0.3, -0.25) is 0 Å². The molecule has 1 aromatic rings. The molecular weight excluding hydrogens is 262 g/mol. The number of benzene rings is 1. The Kier molecular flexibility index (Phi) is 5.92. The fraction of sp³-hybridized carbons (Fsp3) is 0.667. The van der Waals surface area contributed by atoms with Gasteiger partial charge in [-0.2, -0.15) is 0 Å². The second-order valence-corrected chi connectivity index (χ2v) is 6.43. The van der Waals surface area contributed by atoms with Gasteiger partial charge in [-0.25, -0.2) is 0 Å². The zero-order chi connectivity index (χ0) is 15.2. The van der Waals surface area contributed by atoms with Crippen molar-refractivity contribution in [1.82, 2.24) is 0 Å². The van der Waals surface area contributed by atoms with Crippen LogP contribution >= 0.6 is 0 Å². The number of rotatable bonds is 6. The molecule has 0 heterocycles. The van der Waals surface area contributed by atoms with Gasteiger partial charge in [-0.15, -0.1) is 0 Å². The van der Waals surface area contributed by atoms with E-state index in [0.29, 0.717) is 12.6 Å². The summed E-state index contributed by atoms with van der Waals surface area (Å²) in [6.45, 7) is 7.26. The van der Waals surface area contributed by atoms with Crippen molar-refractivity contribution in [3.8, 4) is 5.75 Å². The third-order valence-corrected chi connectivity index (χ3v) is 4.56. The highest BCUT2D eigenvalue weighted by molar-refractivity contribution is 5.51. The minimum atomic E-state index is 0.0180. The minimum Gasteiger partial charge on any atom is -0.494 e. The first-order chi connectivity index (χ1) is 10.1. The summed E-state index contributed by atoms with van der Waals surface area (Å²) in [5, 5.41) is 13.1. The molecule has 0 radical (unpaired) electrons. The van der Waals surface area contributed by atoms with Crippen LogP contribution in [0.25, 0.3) is 0 Å². The highest BCUT2D eigenvalue weighted by Gasteiger charge is 2.24. The Bertz CT molecular complexity index is 445. The molecule has 3 nitrogen and oxygen atoms in total. The fourth-order valence-corrected chi connectivity index (χ4v) is 3.29. The molecule has 2 rings (SSSR count). The fourth-order valence-electron chi connectivity index (χ4n) is 3.29. The van der Waals surface area contributed by atoms with Crippen LogP contribution in [0, 0.1) is 11.8 Å². The molecule has 1 fully saturated rings. The van der Waals surface area contributed by atoms with Gasteiger partial charge in [0.05, 0.1) is 13.2 Å². The second-order valence-electron chi connectivity index (χ2n) is 6.43. The van der Waals surface area contributed by atoms with Crippen molar-refractivity contribution in [3.63, 3.8) is 0 Å². The summed E-state index contributed by atoms with van der Waals surface area (Å²) in [4.78, 5) is 0. The Morgan fingerprint density at radius 1 is 1.33 bits per heavy atom. The molecule has 3 heteroatoms. The summed E-state index contributed by atoms with van der Waals surface area (Å²) in [6, 6.07) is 6.59. The van der Waals surface area contributed by atoms with Gasteiger partial charge in [0.2, 0.25) is 0 Å². The van der Waals surface area contributed by atoms with Crippen LogP contribution in [0.1, 0.15) is 52.0 Å². The highest BCUT2D eigenvalue weighted by Crippen LogP contribution is 2.32. The molecule has 0 saturated heterocycles. The highest BCUT2D eigenvalue weighted by atomic mass is 16.5. The maximum absolute atomic E-state index is 9.48. The van der Waals surface area contributed by atoms with Crippen LogP contribution in [0.15, 0.2) is 18.2 Å². The Labute approximate surface area is 128 Å². The molecular formula is C18H29NO2. The van der Waals surface area contributed by atoms with Crippen molar-refractivity contribution in [1.29, 1.82) is 0 Å². The lowest BCUT2D eigenvalue weighted by atomic mass is 9.79. The van der Waals surface area contributed by atoms with Crippen LogP contribution in [-0.2, 0) is 6.61 Å². The average molecular weight is 291 g/mol. The minimum absolute atomic E-state index is 0.0180. The number of hydrogen-bond acceptors (Lipinski definition) is 3. The van der Waals surface area contributed by atoms with E-state index < -0.39 is 0 Å². The van der Waals surface area contributed by atoms with Crippen molar-refractivity contribution in [3.05, 3.63) is 23.8 Å². The van der Waals surface area contributed by atoms with E-state index in [-0.39, 0.29) is 6.61 Å². The SMILES string of the molecule is CCOc1ccc(NC2CCCC(C(C)C)C2)cc1CO. The first kappa shape index (κ1) is 16.2. The van der Waals surface area contributed by atoms with Gasteiger partial charge in [0, 0.05) is 17.3 Å². The van der Waals surface area contributed by atoms with Gasteiger partial charge < -0.3 is 15.2 Å².